The smallest absolute Gasteiger partial charge is 0.142 e. The third-order valence-electron chi connectivity index (χ3n) is 6.11. The summed E-state index contributed by atoms with van der Waals surface area (Å²) in [6.45, 7) is 5.19. The Morgan fingerprint density at radius 1 is 0.862 bits per heavy atom. The van der Waals surface area contributed by atoms with Crippen molar-refractivity contribution in [3.63, 3.8) is 0 Å². The summed E-state index contributed by atoms with van der Waals surface area (Å²) in [5, 5.41) is 9.10. The maximum absolute atomic E-state index is 9.10. The lowest BCUT2D eigenvalue weighted by molar-refractivity contribution is 0.0844. The number of rotatable bonds is 4. The van der Waals surface area contributed by atoms with Crippen molar-refractivity contribution in [2.75, 3.05) is 49.2 Å². The first-order valence-corrected chi connectivity index (χ1v) is 10.6. The fourth-order valence-electron chi connectivity index (χ4n) is 4.19. The maximum Gasteiger partial charge on any atom is 0.142 e. The highest BCUT2D eigenvalue weighted by atomic mass is 16.5. The standard InChI is InChI=1S/C22H26N6O/c23-15-18-2-1-3-20(24-18)27-8-10-28(11-9-27)21-14-19(16-6-12-29-13-7-16)25-22(26-21)17-4-5-17/h1-3,14,16-17H,4-13H2. The van der Waals surface area contributed by atoms with Crippen molar-refractivity contribution < 1.29 is 4.74 Å². The zero-order valence-corrected chi connectivity index (χ0v) is 16.6. The molecule has 0 aromatic carbocycles. The fourth-order valence-corrected chi connectivity index (χ4v) is 4.19. The van der Waals surface area contributed by atoms with E-state index in [1.165, 1.54) is 18.5 Å². The van der Waals surface area contributed by atoms with E-state index in [-0.39, 0.29) is 0 Å². The van der Waals surface area contributed by atoms with E-state index in [0.717, 1.165) is 69.7 Å². The maximum atomic E-state index is 9.10. The molecule has 29 heavy (non-hydrogen) atoms. The lowest BCUT2D eigenvalue weighted by Gasteiger charge is -2.36. The van der Waals surface area contributed by atoms with Gasteiger partial charge in [0.25, 0.3) is 0 Å². The Hall–Kier alpha value is -2.72. The van der Waals surface area contributed by atoms with E-state index in [0.29, 0.717) is 17.5 Å². The molecule has 5 rings (SSSR count). The normalized spacial score (nSPS) is 20.5. The van der Waals surface area contributed by atoms with Gasteiger partial charge in [0.2, 0.25) is 0 Å². The van der Waals surface area contributed by atoms with Crippen LogP contribution in [0.25, 0.3) is 0 Å². The van der Waals surface area contributed by atoms with Gasteiger partial charge in [0.15, 0.2) is 0 Å². The molecular formula is C22H26N6O. The summed E-state index contributed by atoms with van der Waals surface area (Å²) in [5.74, 6) is 4.03. The molecule has 3 aliphatic rings. The van der Waals surface area contributed by atoms with Crippen LogP contribution in [-0.4, -0.2) is 54.3 Å². The summed E-state index contributed by atoms with van der Waals surface area (Å²) >= 11 is 0. The van der Waals surface area contributed by atoms with E-state index in [9.17, 15) is 0 Å². The van der Waals surface area contributed by atoms with Gasteiger partial charge >= 0.3 is 0 Å². The SMILES string of the molecule is N#Cc1cccc(N2CCN(c3cc(C4CCOCC4)nc(C4CC4)n3)CC2)n1. The van der Waals surface area contributed by atoms with Crippen LogP contribution < -0.4 is 9.80 Å². The molecule has 0 radical (unpaired) electrons. The van der Waals surface area contributed by atoms with Gasteiger partial charge in [0, 0.05) is 63.0 Å². The van der Waals surface area contributed by atoms with Crippen LogP contribution in [0.3, 0.4) is 0 Å². The Balaban J connectivity index is 1.33. The molecule has 150 valence electrons. The van der Waals surface area contributed by atoms with E-state index in [2.05, 4.69) is 26.9 Å². The van der Waals surface area contributed by atoms with Crippen molar-refractivity contribution in [1.29, 1.82) is 5.26 Å². The Labute approximate surface area is 171 Å². The second-order valence-electron chi connectivity index (χ2n) is 8.14. The van der Waals surface area contributed by atoms with Crippen LogP contribution >= 0.6 is 0 Å². The Kier molecular flexibility index (Phi) is 5.03. The van der Waals surface area contributed by atoms with Crippen LogP contribution in [0.5, 0.6) is 0 Å². The number of aromatic nitrogens is 3. The van der Waals surface area contributed by atoms with Crippen molar-refractivity contribution in [3.8, 4) is 6.07 Å². The van der Waals surface area contributed by atoms with Gasteiger partial charge in [-0.2, -0.15) is 5.26 Å². The summed E-state index contributed by atoms with van der Waals surface area (Å²) in [4.78, 5) is 19.0. The van der Waals surface area contributed by atoms with Crippen LogP contribution in [0.1, 0.15) is 54.7 Å². The van der Waals surface area contributed by atoms with Gasteiger partial charge in [0.1, 0.15) is 29.2 Å². The number of piperazine rings is 1. The number of nitrogens with zero attached hydrogens (tertiary/aromatic N) is 6. The lowest BCUT2D eigenvalue weighted by Crippen LogP contribution is -2.47. The summed E-state index contributed by atoms with van der Waals surface area (Å²) in [6, 6.07) is 9.97. The van der Waals surface area contributed by atoms with Gasteiger partial charge in [-0.1, -0.05) is 6.07 Å². The minimum Gasteiger partial charge on any atom is -0.381 e. The van der Waals surface area contributed by atoms with Gasteiger partial charge < -0.3 is 14.5 Å². The molecular weight excluding hydrogens is 364 g/mol. The van der Waals surface area contributed by atoms with Gasteiger partial charge in [-0.05, 0) is 37.8 Å². The molecule has 2 saturated heterocycles. The van der Waals surface area contributed by atoms with Crippen molar-refractivity contribution in [2.45, 2.75) is 37.5 Å². The Bertz CT molecular complexity index is 908. The number of hydrogen-bond donors (Lipinski definition) is 0. The van der Waals surface area contributed by atoms with E-state index >= 15 is 0 Å². The van der Waals surface area contributed by atoms with Crippen LogP contribution in [-0.2, 0) is 4.74 Å². The van der Waals surface area contributed by atoms with E-state index in [4.69, 9.17) is 20.0 Å². The predicted molar refractivity (Wildman–Crippen MR) is 110 cm³/mol. The molecule has 0 atom stereocenters. The van der Waals surface area contributed by atoms with Gasteiger partial charge in [-0.15, -0.1) is 0 Å². The molecule has 0 spiro atoms. The van der Waals surface area contributed by atoms with Crippen molar-refractivity contribution >= 4 is 11.6 Å². The van der Waals surface area contributed by atoms with Gasteiger partial charge in [-0.25, -0.2) is 15.0 Å². The molecule has 2 aromatic rings. The first kappa shape index (κ1) is 18.3. The monoisotopic (exact) mass is 390 g/mol. The number of ether oxygens (including phenoxy) is 1. The third kappa shape index (κ3) is 4.03. The molecule has 1 aliphatic carbocycles. The molecule has 7 nitrogen and oxygen atoms in total. The second kappa shape index (κ2) is 7.96. The Morgan fingerprint density at radius 2 is 1.59 bits per heavy atom. The summed E-state index contributed by atoms with van der Waals surface area (Å²) < 4.78 is 5.54. The highest BCUT2D eigenvalue weighted by Crippen LogP contribution is 2.40. The minimum atomic E-state index is 0.468. The molecule has 2 aromatic heterocycles. The van der Waals surface area contributed by atoms with Crippen LogP contribution in [0.4, 0.5) is 11.6 Å². The van der Waals surface area contributed by atoms with Crippen molar-refractivity contribution in [1.82, 2.24) is 15.0 Å². The molecule has 3 fully saturated rings. The number of anilines is 2. The van der Waals surface area contributed by atoms with Crippen LogP contribution in [0.15, 0.2) is 24.3 Å². The van der Waals surface area contributed by atoms with Crippen molar-refractivity contribution in [2.24, 2.45) is 0 Å². The van der Waals surface area contributed by atoms with E-state index in [1.54, 1.807) is 6.07 Å². The number of hydrogen-bond acceptors (Lipinski definition) is 7. The van der Waals surface area contributed by atoms with Gasteiger partial charge in [-0.3, -0.25) is 0 Å². The molecule has 4 heterocycles. The summed E-state index contributed by atoms with van der Waals surface area (Å²) in [6.07, 6.45) is 4.53. The third-order valence-corrected chi connectivity index (χ3v) is 6.11. The van der Waals surface area contributed by atoms with Crippen LogP contribution in [0.2, 0.25) is 0 Å². The second-order valence-corrected chi connectivity index (χ2v) is 8.14. The molecule has 0 bridgehead atoms. The number of pyridine rings is 1. The first-order chi connectivity index (χ1) is 14.3. The molecule has 1 saturated carbocycles. The van der Waals surface area contributed by atoms with Crippen molar-refractivity contribution in [3.05, 3.63) is 41.5 Å². The van der Waals surface area contributed by atoms with Crippen LogP contribution in [0, 0.1) is 11.3 Å². The summed E-state index contributed by atoms with van der Waals surface area (Å²) in [7, 11) is 0. The van der Waals surface area contributed by atoms with E-state index < -0.39 is 0 Å². The average Bonchev–Trinajstić information content (AvgIpc) is 3.65. The lowest BCUT2D eigenvalue weighted by atomic mass is 9.96. The zero-order chi connectivity index (χ0) is 19.6. The molecule has 2 aliphatic heterocycles. The highest BCUT2D eigenvalue weighted by molar-refractivity contribution is 5.47. The zero-order valence-electron chi connectivity index (χ0n) is 16.6. The molecule has 0 N–H and O–H groups in total. The average molecular weight is 390 g/mol. The van der Waals surface area contributed by atoms with E-state index in [1.807, 2.05) is 12.1 Å². The highest BCUT2D eigenvalue weighted by Gasteiger charge is 2.30. The van der Waals surface area contributed by atoms with Gasteiger partial charge in [0.05, 0.1) is 0 Å². The molecule has 0 amide bonds. The predicted octanol–water partition coefficient (Wildman–Crippen LogP) is 2.84. The topological polar surface area (TPSA) is 78.2 Å². The largest absolute Gasteiger partial charge is 0.381 e. The molecule has 7 heteroatoms. The summed E-state index contributed by atoms with van der Waals surface area (Å²) in [5.41, 5.74) is 1.67. The fraction of sp³-hybridized carbons (Fsp3) is 0.545. The number of nitriles is 1. The minimum absolute atomic E-state index is 0.468. The Morgan fingerprint density at radius 3 is 2.28 bits per heavy atom. The first-order valence-electron chi connectivity index (χ1n) is 10.6. The quantitative estimate of drug-likeness (QED) is 0.794. The molecule has 0 unspecified atom stereocenters.